The number of carbonyl (C=O) groups is 5. The number of unbranched alkanes of at least 4 members (excludes halogenated alkanes) is 4. The van der Waals surface area contributed by atoms with Gasteiger partial charge in [-0.15, -0.1) is 10.2 Å². The molecule has 0 aliphatic carbocycles. The van der Waals surface area contributed by atoms with E-state index in [1.807, 2.05) is 89.3 Å². The van der Waals surface area contributed by atoms with E-state index in [0.29, 0.717) is 63.1 Å². The van der Waals surface area contributed by atoms with Crippen molar-refractivity contribution < 1.29 is 28.7 Å². The van der Waals surface area contributed by atoms with Crippen LogP contribution in [-0.2, 0) is 41.8 Å². The Labute approximate surface area is 460 Å². The third-order valence-corrected chi connectivity index (χ3v) is 16.6. The molecular weight excluding hydrogens is 989 g/mol. The smallest absolute Gasteiger partial charge is 0.246 e. The highest BCUT2D eigenvalue weighted by molar-refractivity contribution is 5.94. The monoisotopic (exact) mass is 1070 g/mol. The van der Waals surface area contributed by atoms with Crippen molar-refractivity contribution in [2.75, 3.05) is 33.9 Å². The molecule has 20 heteroatoms. The average Bonchev–Trinajstić information content (AvgIpc) is 4.30. The maximum atomic E-state index is 14.2. The van der Waals surface area contributed by atoms with Crippen LogP contribution >= 0.6 is 0 Å². The Balaban J connectivity index is 0.749. The second-order valence-electron chi connectivity index (χ2n) is 22.0. The molecule has 4 aromatic rings. The number of carbonyl (C=O) groups excluding carboxylic acids is 5. The van der Waals surface area contributed by atoms with Gasteiger partial charge in [0.2, 0.25) is 29.5 Å². The number of nitrogens with one attached hydrogen (secondary N) is 6. The van der Waals surface area contributed by atoms with Crippen LogP contribution in [0.5, 0.6) is 0 Å². The number of amides is 5. The molecule has 5 amide bonds. The molecule has 0 unspecified atom stereocenters. The number of rotatable bonds is 26. The van der Waals surface area contributed by atoms with Crippen LogP contribution < -0.4 is 31.9 Å². The standard InChI is InChI=1S/C58H86N14O6/c1-40(59-3)54(73)61-44-25-13-14-26-45-29-31-50(71(45)37-44)56(75)63-52(42-21-9-5-10-22-42)48-38-69(67-65-48)33-17-7-19-35-78-36-20-8-18-34-70-39-49(66-68-70)53(43-23-11-6-12-24-43)64-57(76)51-32-30-46-27-15-16-28-47(58(77)72(46)51)62-55(74)41(2)60-4/h5-6,9-12,21-24,38-41,44-47,50-53,59-60H,7-8,13-20,25-37H2,1-4H3,(H,61,73)(H,62,74)(H,63,75)(H,64,76)/t40-,41-,44-,45-,46-,47-,50-,51-,52-,53-/m0/s1. The number of ether oxygens (including phenoxy) is 1. The third kappa shape index (κ3) is 15.6. The molecule has 2 aromatic heterocycles. The topological polar surface area (TPSA) is 235 Å². The average molecular weight is 1080 g/mol. The third-order valence-electron chi connectivity index (χ3n) is 16.6. The van der Waals surface area contributed by atoms with Gasteiger partial charge in [0.1, 0.15) is 23.5 Å². The van der Waals surface area contributed by atoms with E-state index in [1.54, 1.807) is 25.9 Å². The number of benzene rings is 2. The summed E-state index contributed by atoms with van der Waals surface area (Å²) < 4.78 is 9.72. The van der Waals surface area contributed by atoms with Gasteiger partial charge in [0.05, 0.1) is 42.6 Å². The lowest BCUT2D eigenvalue weighted by molar-refractivity contribution is -0.144. The zero-order valence-corrected chi connectivity index (χ0v) is 46.5. The summed E-state index contributed by atoms with van der Waals surface area (Å²) in [5, 5.41) is 36.8. The Morgan fingerprint density at radius 2 is 1.09 bits per heavy atom. The molecule has 78 heavy (non-hydrogen) atoms. The number of nitrogens with zero attached hydrogens (tertiary/aromatic N) is 8. The van der Waals surface area contributed by atoms with Crippen molar-refractivity contribution in [1.82, 2.24) is 71.7 Å². The summed E-state index contributed by atoms with van der Waals surface area (Å²) in [5.74, 6) is -0.671. The Morgan fingerprint density at radius 3 is 1.67 bits per heavy atom. The summed E-state index contributed by atoms with van der Waals surface area (Å²) in [5.41, 5.74) is 3.15. The second-order valence-corrected chi connectivity index (χ2v) is 22.0. The number of aryl methyl sites for hydroxylation is 2. The summed E-state index contributed by atoms with van der Waals surface area (Å²) >= 11 is 0. The van der Waals surface area contributed by atoms with Gasteiger partial charge in [-0.3, -0.25) is 38.2 Å². The van der Waals surface area contributed by atoms with Crippen LogP contribution in [0.25, 0.3) is 0 Å². The van der Waals surface area contributed by atoms with E-state index in [4.69, 9.17) is 4.74 Å². The summed E-state index contributed by atoms with van der Waals surface area (Å²) in [7, 11) is 3.51. The van der Waals surface area contributed by atoms with Gasteiger partial charge in [0.25, 0.3) is 0 Å². The summed E-state index contributed by atoms with van der Waals surface area (Å²) in [6.07, 6.45) is 19.8. The molecule has 4 fully saturated rings. The predicted molar refractivity (Wildman–Crippen MR) is 296 cm³/mol. The van der Waals surface area contributed by atoms with Crippen LogP contribution in [0.2, 0.25) is 0 Å². The highest BCUT2D eigenvalue weighted by Crippen LogP contribution is 2.34. The molecule has 6 N–H and O–H groups in total. The highest BCUT2D eigenvalue weighted by atomic mass is 16.5. The largest absolute Gasteiger partial charge is 0.381 e. The minimum Gasteiger partial charge on any atom is -0.381 e. The van der Waals surface area contributed by atoms with Crippen molar-refractivity contribution in [3.8, 4) is 0 Å². The maximum absolute atomic E-state index is 14.2. The van der Waals surface area contributed by atoms with Gasteiger partial charge in [-0.2, -0.15) is 0 Å². The first-order valence-electron chi connectivity index (χ1n) is 29.1. The number of likely N-dealkylation sites (N-methyl/N-ethyl adjacent to an activating group) is 2. The van der Waals surface area contributed by atoms with Gasteiger partial charge in [0, 0.05) is 51.0 Å². The molecule has 0 radical (unpaired) electrons. The highest BCUT2D eigenvalue weighted by Gasteiger charge is 2.45. The number of fused-ring (bicyclic) bond motifs is 2. The van der Waals surface area contributed by atoms with Crippen molar-refractivity contribution in [1.29, 1.82) is 0 Å². The first-order chi connectivity index (χ1) is 38.0. The second kappa shape index (κ2) is 29.2. The van der Waals surface area contributed by atoms with Gasteiger partial charge >= 0.3 is 0 Å². The van der Waals surface area contributed by atoms with E-state index in [1.165, 1.54) is 0 Å². The lowest BCUT2D eigenvalue weighted by Gasteiger charge is -2.36. The van der Waals surface area contributed by atoms with E-state index in [2.05, 4.69) is 57.4 Å². The van der Waals surface area contributed by atoms with Crippen molar-refractivity contribution in [2.24, 2.45) is 0 Å². The molecule has 2 aromatic carbocycles. The SMILES string of the molecule is CN[C@@H](C)C(=O)N[C@H]1CCCC[C@H]2CC[C@@H](C(=O)N[C@@H](c3ccccc3)c3cn(CCCCCOCCCCCn4cc([C@@H](NC(=O)[C@@H]5CC[C@@H]6CCCC[C@H](NC(=O)[C@H](C)NC)C(=O)N65)c5ccccc5)nn4)nn3)N2C1. The van der Waals surface area contributed by atoms with E-state index in [-0.39, 0.29) is 53.7 Å². The van der Waals surface area contributed by atoms with Crippen molar-refractivity contribution in [3.05, 3.63) is 95.6 Å². The minimum atomic E-state index is -0.670. The van der Waals surface area contributed by atoms with Gasteiger partial charge in [-0.1, -0.05) is 96.8 Å². The number of aromatic nitrogens is 6. The van der Waals surface area contributed by atoms with E-state index in [9.17, 15) is 24.0 Å². The summed E-state index contributed by atoms with van der Waals surface area (Å²) in [6.45, 7) is 7.04. The lowest BCUT2D eigenvalue weighted by atomic mass is 9.98. The first-order valence-corrected chi connectivity index (χ1v) is 29.1. The Kier molecular flexibility index (Phi) is 21.8. The molecule has 4 aliphatic rings. The number of hydrogen-bond donors (Lipinski definition) is 6. The van der Waals surface area contributed by atoms with Crippen LogP contribution in [0.3, 0.4) is 0 Å². The Hall–Kier alpha value is -6.09. The molecule has 20 nitrogen and oxygen atoms in total. The first kappa shape index (κ1) is 58.1. The van der Waals surface area contributed by atoms with E-state index < -0.39 is 30.2 Å². The Morgan fingerprint density at radius 1 is 0.590 bits per heavy atom. The zero-order valence-electron chi connectivity index (χ0n) is 46.5. The molecule has 4 aliphatic heterocycles. The van der Waals surface area contributed by atoms with Gasteiger partial charge in [-0.05, 0) is 129 Å². The molecule has 6 heterocycles. The fraction of sp³-hybridized carbons (Fsp3) is 0.638. The molecule has 0 spiro atoms. The van der Waals surface area contributed by atoms with Gasteiger partial charge in [-0.25, -0.2) is 0 Å². The number of hydrogen-bond acceptors (Lipinski definition) is 13. The van der Waals surface area contributed by atoms with Crippen LogP contribution in [0.1, 0.15) is 164 Å². The van der Waals surface area contributed by atoms with Gasteiger partial charge < -0.3 is 41.5 Å². The maximum Gasteiger partial charge on any atom is 0.246 e. The van der Waals surface area contributed by atoms with Crippen LogP contribution in [0.15, 0.2) is 73.1 Å². The van der Waals surface area contributed by atoms with Crippen molar-refractivity contribution >= 4 is 29.5 Å². The van der Waals surface area contributed by atoms with E-state index >= 15 is 0 Å². The molecule has 0 bridgehead atoms. The van der Waals surface area contributed by atoms with Crippen molar-refractivity contribution in [2.45, 2.75) is 203 Å². The molecule has 424 valence electrons. The quantitative estimate of drug-likeness (QED) is 0.0462. The fourth-order valence-corrected chi connectivity index (χ4v) is 11.8. The van der Waals surface area contributed by atoms with E-state index in [0.717, 1.165) is 114 Å². The minimum absolute atomic E-state index is 0.00460. The summed E-state index contributed by atoms with van der Waals surface area (Å²) in [6, 6.07) is 16.7. The molecule has 4 saturated heterocycles. The zero-order chi connectivity index (χ0) is 54.8. The molecule has 8 rings (SSSR count). The normalized spacial score (nSPS) is 23.3. The van der Waals surface area contributed by atoms with Gasteiger partial charge in [0.15, 0.2) is 0 Å². The lowest BCUT2D eigenvalue weighted by Crippen LogP contribution is -2.58. The van der Waals surface area contributed by atoms with Crippen LogP contribution in [-0.4, -0.2) is 152 Å². The molecule has 10 atom stereocenters. The molecular formula is C58H86N14O6. The Bertz CT molecular complexity index is 2530. The summed E-state index contributed by atoms with van der Waals surface area (Å²) in [4.78, 5) is 72.3. The molecule has 0 saturated carbocycles. The van der Waals surface area contributed by atoms with Crippen LogP contribution in [0.4, 0.5) is 0 Å². The van der Waals surface area contributed by atoms with Crippen LogP contribution in [0, 0.1) is 0 Å². The van der Waals surface area contributed by atoms with Crippen molar-refractivity contribution in [3.63, 3.8) is 0 Å². The predicted octanol–water partition coefficient (Wildman–Crippen LogP) is 4.86. The fourth-order valence-electron chi connectivity index (χ4n) is 11.8.